The predicted octanol–water partition coefficient (Wildman–Crippen LogP) is 9.72. The molecule has 2 saturated carbocycles. The van der Waals surface area contributed by atoms with Crippen LogP contribution in [-0.4, -0.2) is 34.7 Å². The molecule has 0 aromatic heterocycles. The largest absolute Gasteiger partial charge is 0.507 e. The van der Waals surface area contributed by atoms with Gasteiger partial charge in [-0.2, -0.15) is 0 Å². The fraction of sp³-hybridized carbons (Fsp3) is 0.588. The first-order chi connectivity index (χ1) is 18.0. The zero-order valence-electron chi connectivity index (χ0n) is 25.9. The number of hydrogen-bond acceptors (Lipinski definition) is 4. The first kappa shape index (κ1) is 39.7. The first-order valence-corrected chi connectivity index (χ1v) is 14.7. The van der Waals surface area contributed by atoms with E-state index in [9.17, 15) is 10.2 Å². The average Bonchev–Trinajstić information content (AvgIpc) is 2.88. The second kappa shape index (κ2) is 18.4. The molecular weight excluding hydrogens is 587 g/mol. The maximum Gasteiger partial charge on any atom is 0.128 e. The van der Waals surface area contributed by atoms with Crippen LogP contribution in [0.5, 0.6) is 11.5 Å². The maximum atomic E-state index is 10.4. The minimum Gasteiger partial charge on any atom is -0.507 e. The molecule has 0 saturated heterocycles. The van der Waals surface area contributed by atoms with Crippen molar-refractivity contribution in [2.24, 2.45) is 9.98 Å². The Hall–Kier alpha value is -1.33. The van der Waals surface area contributed by atoms with Crippen molar-refractivity contribution in [1.29, 1.82) is 0 Å². The van der Waals surface area contributed by atoms with Gasteiger partial charge in [0.2, 0.25) is 0 Å². The number of phenols is 2. The van der Waals surface area contributed by atoms with Crippen molar-refractivity contribution < 1.29 is 31.9 Å². The molecule has 228 valence electrons. The van der Waals surface area contributed by atoms with E-state index in [0.29, 0.717) is 23.6 Å². The summed E-state index contributed by atoms with van der Waals surface area (Å²) in [5.74, 6) is 0.768. The normalized spacial score (nSPS) is 16.7. The third-order valence-electron chi connectivity index (χ3n) is 7.75. The molecule has 0 aliphatic heterocycles. The van der Waals surface area contributed by atoms with Crippen LogP contribution in [0.2, 0.25) is 0 Å². The number of benzene rings is 2. The molecule has 41 heavy (non-hydrogen) atoms. The molecule has 0 heterocycles. The molecule has 0 atom stereocenters. The van der Waals surface area contributed by atoms with E-state index >= 15 is 0 Å². The summed E-state index contributed by atoms with van der Waals surface area (Å²) in [6.07, 6.45) is 16.3. The molecule has 0 spiro atoms. The van der Waals surface area contributed by atoms with E-state index in [2.05, 4.69) is 51.5 Å². The Balaban J connectivity index is 0.000000727. The second-order valence-electron chi connectivity index (χ2n) is 13.1. The Morgan fingerprint density at radius 2 is 0.902 bits per heavy atom. The molecule has 0 unspecified atom stereocenters. The van der Waals surface area contributed by atoms with Gasteiger partial charge in [0.15, 0.2) is 0 Å². The van der Waals surface area contributed by atoms with Gasteiger partial charge in [0, 0.05) is 57.4 Å². The third-order valence-corrected chi connectivity index (χ3v) is 7.75. The molecule has 2 N–H and O–H groups in total. The van der Waals surface area contributed by atoms with Crippen LogP contribution >= 0.6 is 24.8 Å². The number of phenolic OH excluding ortho intramolecular Hbond substituents is 2. The fourth-order valence-electron chi connectivity index (χ4n) is 5.37. The SMILES string of the molecule is CC(C)(C)c1cccc(C=NC2CCCCC2)c1O.CC(C)(C)c1cccc(C=NC2CCCCC2)c1O.Cl.Cl.[Ti]. The Morgan fingerprint density at radius 1 is 0.585 bits per heavy atom. The zero-order valence-corrected chi connectivity index (χ0v) is 29.1. The summed E-state index contributed by atoms with van der Waals surface area (Å²) < 4.78 is 0. The number of para-hydroxylation sites is 2. The molecule has 7 heteroatoms. The minimum absolute atomic E-state index is 0. The molecule has 2 aromatic carbocycles. The summed E-state index contributed by atoms with van der Waals surface area (Å²) in [6.45, 7) is 12.7. The molecule has 4 rings (SSSR count). The van der Waals surface area contributed by atoms with Crippen LogP contribution in [0.25, 0.3) is 0 Å². The van der Waals surface area contributed by atoms with Crippen LogP contribution < -0.4 is 0 Å². The van der Waals surface area contributed by atoms with E-state index in [1.54, 1.807) is 0 Å². The molecule has 2 aromatic rings. The molecule has 4 nitrogen and oxygen atoms in total. The van der Waals surface area contributed by atoms with Crippen molar-refractivity contribution in [3.05, 3.63) is 58.7 Å². The van der Waals surface area contributed by atoms with Gasteiger partial charge in [0.25, 0.3) is 0 Å². The van der Waals surface area contributed by atoms with E-state index in [0.717, 1.165) is 22.3 Å². The number of aromatic hydroxyl groups is 2. The monoisotopic (exact) mass is 638 g/mol. The molecule has 2 aliphatic carbocycles. The second-order valence-corrected chi connectivity index (χ2v) is 13.1. The Labute approximate surface area is 276 Å². The van der Waals surface area contributed by atoms with Gasteiger partial charge in [-0.3, -0.25) is 9.98 Å². The van der Waals surface area contributed by atoms with Gasteiger partial charge in [-0.25, -0.2) is 0 Å². The molecule has 0 radical (unpaired) electrons. The van der Waals surface area contributed by atoms with E-state index < -0.39 is 0 Å². The van der Waals surface area contributed by atoms with Gasteiger partial charge in [-0.05, 0) is 59.8 Å². The Morgan fingerprint density at radius 3 is 1.20 bits per heavy atom. The van der Waals surface area contributed by atoms with Crippen LogP contribution in [0.15, 0.2) is 46.4 Å². The van der Waals surface area contributed by atoms with Crippen molar-refractivity contribution in [2.75, 3.05) is 0 Å². The topological polar surface area (TPSA) is 65.2 Å². The summed E-state index contributed by atoms with van der Waals surface area (Å²) in [6, 6.07) is 12.8. The average molecular weight is 640 g/mol. The summed E-state index contributed by atoms with van der Waals surface area (Å²) in [4.78, 5) is 9.30. The molecule has 0 bridgehead atoms. The number of hydrogen-bond donors (Lipinski definition) is 2. The van der Waals surface area contributed by atoms with Crippen molar-refractivity contribution >= 4 is 37.2 Å². The van der Waals surface area contributed by atoms with E-state index in [-0.39, 0.29) is 57.4 Å². The summed E-state index contributed by atoms with van der Waals surface area (Å²) in [5, 5.41) is 20.7. The van der Waals surface area contributed by atoms with E-state index in [4.69, 9.17) is 0 Å². The standard InChI is InChI=1S/2C17H25NO.2ClH.Ti/c2*1-17(2,3)15-11-7-8-13(16(15)19)12-18-14-9-5-4-6-10-14;;;/h2*7-8,11-12,14,19H,4-6,9-10H2,1-3H3;2*1H;. The van der Waals surface area contributed by atoms with E-state index in [1.165, 1.54) is 64.2 Å². The summed E-state index contributed by atoms with van der Waals surface area (Å²) in [7, 11) is 0. The van der Waals surface area contributed by atoms with Crippen LogP contribution in [0.3, 0.4) is 0 Å². The van der Waals surface area contributed by atoms with Crippen LogP contribution in [-0.2, 0) is 32.5 Å². The van der Waals surface area contributed by atoms with E-state index in [1.807, 2.05) is 48.8 Å². The van der Waals surface area contributed by atoms with Gasteiger partial charge in [0.1, 0.15) is 11.5 Å². The molecule has 0 amide bonds. The quantitative estimate of drug-likeness (QED) is 0.259. The third kappa shape index (κ3) is 12.4. The molecule has 2 fully saturated rings. The maximum absolute atomic E-state index is 10.4. The first-order valence-electron chi connectivity index (χ1n) is 14.7. The van der Waals surface area contributed by atoms with Gasteiger partial charge in [-0.1, -0.05) is 104 Å². The van der Waals surface area contributed by atoms with Crippen molar-refractivity contribution in [2.45, 2.75) is 129 Å². The Bertz CT molecular complexity index is 1010. The van der Waals surface area contributed by atoms with Crippen LogP contribution in [0.1, 0.15) is 128 Å². The summed E-state index contributed by atoms with van der Waals surface area (Å²) in [5.41, 5.74) is 3.58. The number of halogens is 2. The van der Waals surface area contributed by atoms with Gasteiger partial charge >= 0.3 is 0 Å². The summed E-state index contributed by atoms with van der Waals surface area (Å²) >= 11 is 0. The van der Waals surface area contributed by atoms with Gasteiger partial charge < -0.3 is 10.2 Å². The van der Waals surface area contributed by atoms with Crippen molar-refractivity contribution in [1.82, 2.24) is 0 Å². The molecular formula is C34H52Cl2N2O2Ti. The van der Waals surface area contributed by atoms with Crippen LogP contribution in [0.4, 0.5) is 0 Å². The molecule has 2 aliphatic rings. The van der Waals surface area contributed by atoms with Crippen LogP contribution in [0, 0.1) is 0 Å². The fourth-order valence-corrected chi connectivity index (χ4v) is 5.37. The number of rotatable bonds is 4. The Kier molecular flexibility index (Phi) is 17.8. The van der Waals surface area contributed by atoms with Crippen molar-refractivity contribution in [3.8, 4) is 11.5 Å². The predicted molar refractivity (Wildman–Crippen MR) is 177 cm³/mol. The smallest absolute Gasteiger partial charge is 0.128 e. The number of nitrogens with zero attached hydrogens (tertiary/aromatic N) is 2. The van der Waals surface area contributed by atoms with Gasteiger partial charge in [0.05, 0.1) is 0 Å². The van der Waals surface area contributed by atoms with Gasteiger partial charge in [-0.15, -0.1) is 24.8 Å². The zero-order chi connectivity index (χ0) is 27.8. The van der Waals surface area contributed by atoms with Crippen molar-refractivity contribution in [3.63, 3.8) is 0 Å². The number of aliphatic imine (C=N–C) groups is 2. The minimum atomic E-state index is -0.0429.